The average Bonchev–Trinajstić information content (AvgIpc) is 2.57. The third kappa shape index (κ3) is 4.89. The number of halogens is 5. The smallest absolute Gasteiger partial charge is 0.418 e. The number of hydrogen-bond donors (Lipinski definition) is 0. The summed E-state index contributed by atoms with van der Waals surface area (Å²) in [6.45, 7) is 5.03. The third-order valence-corrected chi connectivity index (χ3v) is 5.22. The highest BCUT2D eigenvalue weighted by Crippen LogP contribution is 2.47. The number of alkyl halides is 3. The standard InChI is InChI=1S/C21H20BrClF3NO2/c1-20(2,3)29-19(28)27-17(12-5-4-6-15(23)10-12)8-7-13-9-14(22)11-16(18(13)27)21(24,25)26/h4-6,9-11,17H,7-8H2,1-3H3. The number of fused-ring (bicyclic) bond motifs is 1. The highest BCUT2D eigenvalue weighted by molar-refractivity contribution is 9.10. The fourth-order valence-corrected chi connectivity index (χ4v) is 4.19. The first-order valence-corrected chi connectivity index (χ1v) is 10.2. The second-order valence-electron chi connectivity index (χ2n) is 7.92. The molecule has 2 aromatic carbocycles. The molecule has 1 unspecified atom stereocenters. The third-order valence-electron chi connectivity index (χ3n) is 4.52. The summed E-state index contributed by atoms with van der Waals surface area (Å²) in [7, 11) is 0. The maximum Gasteiger partial charge on any atom is 0.418 e. The van der Waals surface area contributed by atoms with Crippen LogP contribution in [0.5, 0.6) is 0 Å². The SMILES string of the molecule is CC(C)(C)OC(=O)N1c2c(cc(Br)cc2C(F)(F)F)CCC1c1cccc(Cl)c1. The van der Waals surface area contributed by atoms with Gasteiger partial charge in [-0.05, 0) is 69.0 Å². The molecule has 0 saturated carbocycles. The Kier molecular flexibility index (Phi) is 5.94. The van der Waals surface area contributed by atoms with Crippen LogP contribution in [0.3, 0.4) is 0 Å². The minimum absolute atomic E-state index is 0.161. The molecule has 0 bridgehead atoms. The van der Waals surface area contributed by atoms with E-state index in [4.69, 9.17) is 16.3 Å². The van der Waals surface area contributed by atoms with E-state index in [2.05, 4.69) is 15.9 Å². The second-order valence-corrected chi connectivity index (χ2v) is 9.27. The quantitative estimate of drug-likeness (QED) is 0.413. The zero-order valence-electron chi connectivity index (χ0n) is 16.1. The number of aryl methyl sites for hydroxylation is 1. The molecule has 1 amide bonds. The highest BCUT2D eigenvalue weighted by Gasteiger charge is 2.43. The van der Waals surface area contributed by atoms with Gasteiger partial charge in [-0.3, -0.25) is 4.90 Å². The van der Waals surface area contributed by atoms with Gasteiger partial charge in [-0.2, -0.15) is 13.2 Å². The van der Waals surface area contributed by atoms with Crippen LogP contribution in [-0.2, 0) is 17.3 Å². The Balaban J connectivity index is 2.22. The van der Waals surface area contributed by atoms with Crippen LogP contribution in [0.1, 0.15) is 49.9 Å². The summed E-state index contributed by atoms with van der Waals surface area (Å²) in [6.07, 6.45) is -4.63. The van der Waals surface area contributed by atoms with E-state index >= 15 is 0 Å². The second kappa shape index (κ2) is 7.84. The molecule has 0 spiro atoms. The van der Waals surface area contributed by atoms with Gasteiger partial charge in [-0.25, -0.2) is 4.79 Å². The summed E-state index contributed by atoms with van der Waals surface area (Å²) >= 11 is 9.26. The maximum atomic E-state index is 13.9. The molecule has 2 aromatic rings. The summed E-state index contributed by atoms with van der Waals surface area (Å²) in [5, 5.41) is 0.448. The number of benzene rings is 2. The Bertz CT molecular complexity index is 940. The van der Waals surface area contributed by atoms with Crippen molar-refractivity contribution in [3.05, 3.63) is 62.6 Å². The van der Waals surface area contributed by atoms with E-state index in [-0.39, 0.29) is 5.69 Å². The number of amides is 1. The molecule has 1 aliphatic heterocycles. The number of nitrogens with zero attached hydrogens (tertiary/aromatic N) is 1. The molecule has 0 radical (unpaired) electrons. The molecule has 0 N–H and O–H groups in total. The predicted molar refractivity (Wildman–Crippen MR) is 110 cm³/mol. The van der Waals surface area contributed by atoms with Gasteiger partial charge in [0.1, 0.15) is 5.60 Å². The van der Waals surface area contributed by atoms with Crippen molar-refractivity contribution in [2.75, 3.05) is 4.90 Å². The Morgan fingerprint density at radius 2 is 1.90 bits per heavy atom. The van der Waals surface area contributed by atoms with Crippen LogP contribution in [-0.4, -0.2) is 11.7 Å². The maximum absolute atomic E-state index is 13.9. The number of rotatable bonds is 1. The van der Waals surface area contributed by atoms with Crippen molar-refractivity contribution in [3.8, 4) is 0 Å². The van der Waals surface area contributed by atoms with Gasteiger partial charge in [0.15, 0.2) is 0 Å². The fraction of sp³-hybridized carbons (Fsp3) is 0.381. The molecule has 156 valence electrons. The Morgan fingerprint density at radius 3 is 2.48 bits per heavy atom. The summed E-state index contributed by atoms with van der Waals surface area (Å²) in [5.41, 5.74) is -0.798. The Hall–Kier alpha value is -1.73. The summed E-state index contributed by atoms with van der Waals surface area (Å²) < 4.78 is 47.5. The number of carbonyl (C=O) groups is 1. The van der Waals surface area contributed by atoms with Crippen molar-refractivity contribution in [2.24, 2.45) is 0 Å². The topological polar surface area (TPSA) is 29.5 Å². The molecular formula is C21H20BrClF3NO2. The van der Waals surface area contributed by atoms with Crippen LogP contribution in [0.2, 0.25) is 5.02 Å². The summed E-state index contributed by atoms with van der Waals surface area (Å²) in [6, 6.07) is 8.81. The average molecular weight is 491 g/mol. The van der Waals surface area contributed by atoms with Crippen molar-refractivity contribution in [2.45, 2.75) is 51.4 Å². The fourth-order valence-electron chi connectivity index (χ4n) is 3.48. The molecule has 3 rings (SSSR count). The minimum atomic E-state index is -4.63. The van der Waals surface area contributed by atoms with Crippen molar-refractivity contribution in [1.29, 1.82) is 0 Å². The zero-order chi connectivity index (χ0) is 21.6. The molecule has 1 heterocycles. The van der Waals surface area contributed by atoms with E-state index in [9.17, 15) is 18.0 Å². The molecule has 0 saturated heterocycles. The number of ether oxygens (including phenoxy) is 1. The lowest BCUT2D eigenvalue weighted by Gasteiger charge is -2.39. The minimum Gasteiger partial charge on any atom is -0.443 e. The van der Waals surface area contributed by atoms with Crippen molar-refractivity contribution in [3.63, 3.8) is 0 Å². The lowest BCUT2D eigenvalue weighted by Crippen LogP contribution is -2.43. The largest absolute Gasteiger partial charge is 0.443 e. The molecule has 0 aromatic heterocycles. The van der Waals surface area contributed by atoms with E-state index in [1.807, 2.05) is 0 Å². The number of carbonyl (C=O) groups excluding carboxylic acids is 1. The molecule has 1 aliphatic rings. The normalized spacial score (nSPS) is 17.1. The van der Waals surface area contributed by atoms with Crippen LogP contribution >= 0.6 is 27.5 Å². The van der Waals surface area contributed by atoms with Crippen molar-refractivity contribution < 1.29 is 22.7 Å². The van der Waals surface area contributed by atoms with Crippen molar-refractivity contribution >= 4 is 39.3 Å². The van der Waals surface area contributed by atoms with Gasteiger partial charge in [0.2, 0.25) is 0 Å². The monoisotopic (exact) mass is 489 g/mol. The van der Waals surface area contributed by atoms with Crippen LogP contribution in [0.4, 0.5) is 23.7 Å². The van der Waals surface area contributed by atoms with Crippen LogP contribution in [0.25, 0.3) is 0 Å². The van der Waals surface area contributed by atoms with E-state index in [0.29, 0.717) is 33.5 Å². The zero-order valence-corrected chi connectivity index (χ0v) is 18.5. The molecule has 8 heteroatoms. The Morgan fingerprint density at radius 1 is 1.21 bits per heavy atom. The van der Waals surface area contributed by atoms with Gasteiger partial charge in [0.05, 0.1) is 17.3 Å². The van der Waals surface area contributed by atoms with E-state index < -0.39 is 29.5 Å². The lowest BCUT2D eigenvalue weighted by atomic mass is 9.89. The van der Waals surface area contributed by atoms with Crippen LogP contribution in [0.15, 0.2) is 40.9 Å². The number of hydrogen-bond acceptors (Lipinski definition) is 2. The molecule has 0 fully saturated rings. The summed E-state index contributed by atoms with van der Waals surface area (Å²) in [4.78, 5) is 14.2. The summed E-state index contributed by atoms with van der Waals surface area (Å²) in [5.74, 6) is 0. The molecule has 1 atom stereocenters. The van der Waals surface area contributed by atoms with Crippen LogP contribution < -0.4 is 4.90 Å². The first-order chi connectivity index (χ1) is 13.4. The predicted octanol–water partition coefficient (Wildman–Crippen LogP) is 7.55. The van der Waals surface area contributed by atoms with Gasteiger partial charge in [-0.15, -0.1) is 0 Å². The van der Waals surface area contributed by atoms with Gasteiger partial charge in [0.25, 0.3) is 0 Å². The van der Waals surface area contributed by atoms with Crippen LogP contribution in [0, 0.1) is 0 Å². The van der Waals surface area contributed by atoms with E-state index in [1.54, 1.807) is 51.1 Å². The van der Waals surface area contributed by atoms with Gasteiger partial charge >= 0.3 is 12.3 Å². The molecule has 0 aliphatic carbocycles. The first kappa shape index (κ1) is 22.0. The molecule has 29 heavy (non-hydrogen) atoms. The van der Waals surface area contributed by atoms with Gasteiger partial charge < -0.3 is 4.74 Å². The van der Waals surface area contributed by atoms with Crippen molar-refractivity contribution in [1.82, 2.24) is 0 Å². The lowest BCUT2D eigenvalue weighted by molar-refractivity contribution is -0.137. The first-order valence-electron chi connectivity index (χ1n) is 9.04. The van der Waals surface area contributed by atoms with Gasteiger partial charge in [0, 0.05) is 9.50 Å². The highest BCUT2D eigenvalue weighted by atomic mass is 79.9. The van der Waals surface area contributed by atoms with Gasteiger partial charge in [-0.1, -0.05) is 39.7 Å². The number of anilines is 1. The Labute approximate surface area is 180 Å². The van der Waals surface area contributed by atoms with E-state index in [1.165, 1.54) is 0 Å². The molecular weight excluding hydrogens is 471 g/mol. The van der Waals surface area contributed by atoms with E-state index in [0.717, 1.165) is 11.0 Å². The molecule has 3 nitrogen and oxygen atoms in total.